The normalized spacial score (nSPS) is 19.8. The molecule has 1 saturated heterocycles. The van der Waals surface area contributed by atoms with Gasteiger partial charge < -0.3 is 10.6 Å². The zero-order valence-corrected chi connectivity index (χ0v) is 7.95. The van der Waals surface area contributed by atoms with Crippen LogP contribution in [0.15, 0.2) is 0 Å². The highest BCUT2D eigenvalue weighted by Crippen LogP contribution is 1.92. The molecule has 0 spiro atoms. The van der Waals surface area contributed by atoms with E-state index in [1.165, 1.54) is 0 Å². The molecule has 1 aliphatic heterocycles. The summed E-state index contributed by atoms with van der Waals surface area (Å²) in [6, 6.07) is 0.294. The number of hydrogen-bond acceptors (Lipinski definition) is 3. The molecule has 1 unspecified atom stereocenters. The molecule has 5 heteroatoms. The van der Waals surface area contributed by atoms with E-state index in [1.807, 2.05) is 0 Å². The van der Waals surface area contributed by atoms with Crippen LogP contribution >= 0.6 is 0 Å². The lowest BCUT2D eigenvalue weighted by Crippen LogP contribution is -2.57. The molecule has 1 aliphatic rings. The fourth-order valence-corrected chi connectivity index (χ4v) is 1.40. The van der Waals surface area contributed by atoms with Crippen LogP contribution < -0.4 is 10.6 Å². The Hall–Kier alpha value is -0.420. The van der Waals surface area contributed by atoms with Gasteiger partial charge in [0.2, 0.25) is 5.91 Å². The average molecular weight is 190 g/mol. The van der Waals surface area contributed by atoms with E-state index < -0.39 is 10.8 Å². The molecular weight excluding hydrogens is 176 g/mol. The van der Waals surface area contributed by atoms with Gasteiger partial charge in [-0.05, 0) is 0 Å². The minimum absolute atomic E-state index is 0.0108. The zero-order chi connectivity index (χ0) is 8.97. The number of carbonyl (C=O) groups is 1. The van der Waals surface area contributed by atoms with E-state index in [-0.39, 0.29) is 5.91 Å². The first-order valence-corrected chi connectivity index (χ1v) is 5.71. The van der Waals surface area contributed by atoms with Crippen LogP contribution in [0, 0.1) is 0 Å². The maximum atomic E-state index is 11.1. The number of hydrogen-bond donors (Lipinski definition) is 2. The Morgan fingerprint density at radius 3 is 2.75 bits per heavy atom. The van der Waals surface area contributed by atoms with Crippen molar-refractivity contribution in [1.29, 1.82) is 0 Å². The highest BCUT2D eigenvalue weighted by molar-refractivity contribution is 7.84. The summed E-state index contributed by atoms with van der Waals surface area (Å²) in [6.07, 6.45) is 1.98. The van der Waals surface area contributed by atoms with Crippen molar-refractivity contribution in [3.05, 3.63) is 0 Å². The van der Waals surface area contributed by atoms with Gasteiger partial charge in [-0.1, -0.05) is 0 Å². The van der Waals surface area contributed by atoms with E-state index in [1.54, 1.807) is 6.26 Å². The predicted molar refractivity (Wildman–Crippen MR) is 48.4 cm³/mol. The summed E-state index contributed by atoms with van der Waals surface area (Å²) in [6.45, 7) is 1.72. The van der Waals surface area contributed by atoms with Gasteiger partial charge in [-0.2, -0.15) is 0 Å². The van der Waals surface area contributed by atoms with Crippen LogP contribution in [-0.2, 0) is 15.6 Å². The molecule has 12 heavy (non-hydrogen) atoms. The highest BCUT2D eigenvalue weighted by Gasteiger charge is 2.18. The molecule has 2 N–H and O–H groups in total. The summed E-state index contributed by atoms with van der Waals surface area (Å²) in [7, 11) is -0.861. The topological polar surface area (TPSA) is 58.2 Å². The van der Waals surface area contributed by atoms with Crippen molar-refractivity contribution in [3.63, 3.8) is 0 Å². The maximum Gasteiger partial charge on any atom is 0.221 e. The molecule has 0 aliphatic carbocycles. The molecule has 70 valence electrons. The summed E-state index contributed by atoms with van der Waals surface area (Å²) < 4.78 is 10.6. The lowest BCUT2D eigenvalue weighted by atomic mass is 10.2. The minimum Gasteiger partial charge on any atom is -0.351 e. The van der Waals surface area contributed by atoms with Crippen LogP contribution in [-0.4, -0.2) is 41.3 Å². The quantitative estimate of drug-likeness (QED) is 0.588. The van der Waals surface area contributed by atoms with E-state index in [0.717, 1.165) is 13.1 Å². The second-order valence-electron chi connectivity index (χ2n) is 2.95. The Kier molecular flexibility index (Phi) is 3.68. The van der Waals surface area contributed by atoms with Crippen molar-refractivity contribution in [2.24, 2.45) is 0 Å². The summed E-state index contributed by atoms with van der Waals surface area (Å²) in [4.78, 5) is 11.1. The molecular formula is C7H14N2O2S. The van der Waals surface area contributed by atoms with Crippen LogP contribution in [0.1, 0.15) is 6.42 Å². The first-order chi connectivity index (χ1) is 5.68. The van der Waals surface area contributed by atoms with Crippen LogP contribution in [0.4, 0.5) is 0 Å². The second-order valence-corrected chi connectivity index (χ2v) is 4.50. The predicted octanol–water partition coefficient (Wildman–Crippen LogP) is -1.16. The molecule has 0 radical (unpaired) electrons. The number of amides is 1. The molecule has 0 aromatic heterocycles. The van der Waals surface area contributed by atoms with E-state index in [9.17, 15) is 9.00 Å². The third-order valence-corrected chi connectivity index (χ3v) is 2.54. The lowest BCUT2D eigenvalue weighted by molar-refractivity contribution is -0.121. The Balaban J connectivity index is 2.06. The smallest absolute Gasteiger partial charge is 0.221 e. The molecule has 1 atom stereocenters. The fourth-order valence-electron chi connectivity index (χ4n) is 0.927. The van der Waals surface area contributed by atoms with Gasteiger partial charge in [0.25, 0.3) is 0 Å². The van der Waals surface area contributed by atoms with Crippen LogP contribution in [0.5, 0.6) is 0 Å². The number of nitrogens with one attached hydrogen (secondary N) is 2. The molecule has 1 rings (SSSR count). The minimum atomic E-state index is -0.861. The third-order valence-electron chi connectivity index (χ3n) is 1.76. The van der Waals surface area contributed by atoms with Gasteiger partial charge in [-0.3, -0.25) is 9.00 Å². The first kappa shape index (κ1) is 9.67. The van der Waals surface area contributed by atoms with Gasteiger partial charge in [0.05, 0.1) is 6.04 Å². The SMILES string of the molecule is CS(=O)CCC(=O)NC1CNC1. The second kappa shape index (κ2) is 4.57. The molecule has 0 aromatic rings. The van der Waals surface area contributed by atoms with Crippen molar-refractivity contribution >= 4 is 16.7 Å². The van der Waals surface area contributed by atoms with Crippen LogP contribution in [0.25, 0.3) is 0 Å². The fraction of sp³-hybridized carbons (Fsp3) is 0.857. The molecule has 0 saturated carbocycles. The van der Waals surface area contributed by atoms with Gasteiger partial charge in [-0.25, -0.2) is 0 Å². The summed E-state index contributed by atoms with van der Waals surface area (Å²) >= 11 is 0. The summed E-state index contributed by atoms with van der Waals surface area (Å²) in [5.74, 6) is 0.475. The number of rotatable bonds is 4. The highest BCUT2D eigenvalue weighted by atomic mass is 32.2. The van der Waals surface area contributed by atoms with Crippen molar-refractivity contribution in [2.45, 2.75) is 12.5 Å². The van der Waals surface area contributed by atoms with E-state index in [4.69, 9.17) is 0 Å². The molecule has 0 bridgehead atoms. The van der Waals surface area contributed by atoms with Gasteiger partial charge in [0.1, 0.15) is 0 Å². The van der Waals surface area contributed by atoms with Crippen molar-refractivity contribution in [3.8, 4) is 0 Å². The van der Waals surface area contributed by atoms with E-state index in [2.05, 4.69) is 10.6 Å². The van der Waals surface area contributed by atoms with Gasteiger partial charge in [0.15, 0.2) is 0 Å². The monoisotopic (exact) mass is 190 g/mol. The Labute approximate surface area is 74.6 Å². The first-order valence-electron chi connectivity index (χ1n) is 3.98. The Bertz CT molecular complexity index is 192. The van der Waals surface area contributed by atoms with Crippen molar-refractivity contribution in [1.82, 2.24) is 10.6 Å². The molecule has 4 nitrogen and oxygen atoms in total. The largest absolute Gasteiger partial charge is 0.351 e. The van der Waals surface area contributed by atoms with Gasteiger partial charge in [-0.15, -0.1) is 0 Å². The zero-order valence-electron chi connectivity index (χ0n) is 7.13. The Morgan fingerprint density at radius 1 is 1.67 bits per heavy atom. The molecule has 1 amide bonds. The van der Waals surface area contributed by atoms with E-state index >= 15 is 0 Å². The maximum absolute atomic E-state index is 11.1. The van der Waals surface area contributed by atoms with Crippen molar-refractivity contribution in [2.75, 3.05) is 25.1 Å². The van der Waals surface area contributed by atoms with Crippen LogP contribution in [0.3, 0.4) is 0 Å². The molecule has 1 heterocycles. The van der Waals surface area contributed by atoms with Gasteiger partial charge in [0, 0.05) is 42.3 Å². The average Bonchev–Trinajstić information content (AvgIpc) is 1.93. The molecule has 1 fully saturated rings. The summed E-state index contributed by atoms with van der Waals surface area (Å²) in [5, 5.41) is 5.89. The van der Waals surface area contributed by atoms with Crippen molar-refractivity contribution < 1.29 is 9.00 Å². The lowest BCUT2D eigenvalue weighted by Gasteiger charge is -2.27. The van der Waals surface area contributed by atoms with E-state index in [0.29, 0.717) is 18.2 Å². The van der Waals surface area contributed by atoms with Crippen LogP contribution in [0.2, 0.25) is 0 Å². The van der Waals surface area contributed by atoms with Gasteiger partial charge >= 0.3 is 0 Å². The standard InChI is InChI=1S/C7H14N2O2S/c1-12(11)3-2-7(10)9-6-4-8-5-6/h6,8H,2-5H2,1H3,(H,9,10). The number of carbonyl (C=O) groups excluding carboxylic acids is 1. The third kappa shape index (κ3) is 3.32. The summed E-state index contributed by atoms with van der Waals surface area (Å²) in [5.41, 5.74) is 0. The molecule has 0 aromatic carbocycles. The Morgan fingerprint density at radius 2 is 2.33 bits per heavy atom.